The molecule has 0 aromatic carbocycles. The quantitative estimate of drug-likeness (QED) is 0.348. The second-order valence-corrected chi connectivity index (χ2v) is 12.8. The summed E-state index contributed by atoms with van der Waals surface area (Å²) in [5, 5.41) is 5.64. The van der Waals surface area contributed by atoms with Crippen LogP contribution >= 0.6 is 0 Å². The van der Waals surface area contributed by atoms with Gasteiger partial charge in [-0.3, -0.25) is 19.2 Å². The number of Topliss-reactive ketones (excluding diaryl/α,β-unsaturated/α-hetero) is 1. The number of rotatable bonds is 10. The van der Waals surface area contributed by atoms with Gasteiger partial charge in [-0.05, 0) is 48.3 Å². The summed E-state index contributed by atoms with van der Waals surface area (Å²) in [6.07, 6.45) is 6.56. The van der Waals surface area contributed by atoms with Crippen molar-refractivity contribution in [2.75, 3.05) is 19.8 Å². The van der Waals surface area contributed by atoms with Crippen molar-refractivity contribution in [3.8, 4) is 0 Å². The SMILES string of the molecule is CC1(C)C2CN(C(=O)C(NC(=O)OC3CCOC3)C3CCCCC3)C(C(=O)NC(CC3CC3)C(=O)C(N)=O)C21. The number of nitrogens with one attached hydrogen (secondary N) is 2. The molecule has 11 nitrogen and oxygen atoms in total. The predicted molar refractivity (Wildman–Crippen MR) is 139 cm³/mol. The van der Waals surface area contributed by atoms with Crippen LogP contribution in [0.5, 0.6) is 0 Å². The second-order valence-electron chi connectivity index (χ2n) is 12.8. The Morgan fingerprint density at radius 3 is 2.36 bits per heavy atom. The van der Waals surface area contributed by atoms with Crippen LogP contribution in [-0.4, -0.2) is 78.5 Å². The molecule has 2 heterocycles. The number of fused-ring (bicyclic) bond motifs is 1. The maximum Gasteiger partial charge on any atom is 0.408 e. The van der Waals surface area contributed by atoms with Gasteiger partial charge in [0.05, 0.1) is 19.3 Å². The zero-order valence-corrected chi connectivity index (χ0v) is 23.0. The third-order valence-corrected chi connectivity index (χ3v) is 9.72. The summed E-state index contributed by atoms with van der Waals surface area (Å²) in [5.74, 6) is -2.30. The van der Waals surface area contributed by atoms with E-state index in [0.29, 0.717) is 32.6 Å². The van der Waals surface area contributed by atoms with Gasteiger partial charge in [0.2, 0.25) is 17.6 Å². The van der Waals surface area contributed by atoms with Crippen molar-refractivity contribution >= 4 is 29.6 Å². The zero-order valence-electron chi connectivity index (χ0n) is 23.0. The fourth-order valence-electron chi connectivity index (χ4n) is 7.11. The first-order chi connectivity index (χ1) is 18.6. The molecule has 5 rings (SSSR count). The molecule has 0 aromatic rings. The van der Waals surface area contributed by atoms with E-state index < -0.39 is 41.8 Å². The Labute approximate surface area is 229 Å². The molecule has 216 valence electrons. The van der Waals surface area contributed by atoms with Crippen LogP contribution in [0.15, 0.2) is 0 Å². The summed E-state index contributed by atoms with van der Waals surface area (Å²) in [6, 6.07) is -2.58. The zero-order chi connectivity index (χ0) is 27.9. The van der Waals surface area contributed by atoms with E-state index in [9.17, 15) is 24.0 Å². The summed E-state index contributed by atoms with van der Waals surface area (Å²) in [7, 11) is 0. The van der Waals surface area contributed by atoms with E-state index in [2.05, 4.69) is 24.5 Å². The summed E-state index contributed by atoms with van der Waals surface area (Å²) < 4.78 is 10.8. The number of ketones is 1. The number of hydrogen-bond acceptors (Lipinski definition) is 7. The third-order valence-electron chi connectivity index (χ3n) is 9.72. The Kier molecular flexibility index (Phi) is 7.90. The first kappa shape index (κ1) is 27.9. The monoisotopic (exact) mass is 546 g/mol. The van der Waals surface area contributed by atoms with Crippen LogP contribution in [0.2, 0.25) is 0 Å². The highest BCUT2D eigenvalue weighted by Gasteiger charge is 2.69. The maximum absolute atomic E-state index is 14.1. The topological polar surface area (TPSA) is 157 Å². The average molecular weight is 547 g/mol. The van der Waals surface area contributed by atoms with Gasteiger partial charge in [0.15, 0.2) is 0 Å². The molecule has 4 N–H and O–H groups in total. The number of alkyl carbamates (subject to hydrolysis) is 1. The summed E-state index contributed by atoms with van der Waals surface area (Å²) in [6.45, 7) is 5.44. The van der Waals surface area contributed by atoms with Crippen molar-refractivity contribution in [2.45, 2.75) is 95.9 Å². The lowest BCUT2D eigenvalue weighted by Crippen LogP contribution is -2.59. The Balaban J connectivity index is 1.34. The molecule has 11 heteroatoms. The number of nitrogens with two attached hydrogens (primary N) is 1. The van der Waals surface area contributed by atoms with Gasteiger partial charge in [0.25, 0.3) is 5.91 Å². The van der Waals surface area contributed by atoms with E-state index in [1.54, 1.807) is 4.90 Å². The van der Waals surface area contributed by atoms with E-state index in [4.69, 9.17) is 15.2 Å². The molecule has 0 spiro atoms. The molecular weight excluding hydrogens is 504 g/mol. The van der Waals surface area contributed by atoms with Crippen molar-refractivity contribution in [3.63, 3.8) is 0 Å². The number of hydrogen-bond donors (Lipinski definition) is 3. The summed E-state index contributed by atoms with van der Waals surface area (Å²) >= 11 is 0. The molecule has 6 atom stereocenters. The molecular formula is C28H42N4O7. The largest absolute Gasteiger partial charge is 0.444 e. The Morgan fingerprint density at radius 1 is 1.03 bits per heavy atom. The molecule has 2 saturated heterocycles. The number of amides is 4. The van der Waals surface area contributed by atoms with Crippen molar-refractivity contribution in [1.29, 1.82) is 0 Å². The first-order valence-electron chi connectivity index (χ1n) is 14.6. The molecule has 3 aliphatic carbocycles. The molecule has 0 aromatic heterocycles. The molecule has 5 aliphatic rings. The van der Waals surface area contributed by atoms with E-state index in [1.165, 1.54) is 0 Å². The van der Waals surface area contributed by atoms with Crippen molar-refractivity contribution in [2.24, 2.45) is 34.8 Å². The van der Waals surface area contributed by atoms with Crippen LogP contribution in [-0.2, 0) is 28.7 Å². The minimum atomic E-state index is -1.07. The Hall–Kier alpha value is -2.69. The third kappa shape index (κ3) is 5.93. The smallest absolute Gasteiger partial charge is 0.408 e. The number of piperidine rings is 1. The van der Waals surface area contributed by atoms with Gasteiger partial charge in [-0.2, -0.15) is 0 Å². The minimum Gasteiger partial charge on any atom is -0.444 e. The molecule has 2 aliphatic heterocycles. The number of carbonyl (C=O) groups is 5. The van der Waals surface area contributed by atoms with Gasteiger partial charge >= 0.3 is 6.09 Å². The Morgan fingerprint density at radius 2 is 1.74 bits per heavy atom. The fourth-order valence-corrected chi connectivity index (χ4v) is 7.11. The van der Waals surface area contributed by atoms with Crippen LogP contribution in [0.4, 0.5) is 4.79 Å². The molecule has 4 amide bonds. The summed E-state index contributed by atoms with van der Waals surface area (Å²) in [5.41, 5.74) is 5.15. The molecule has 39 heavy (non-hydrogen) atoms. The lowest BCUT2D eigenvalue weighted by atomic mass is 9.83. The van der Waals surface area contributed by atoms with Crippen molar-refractivity contribution in [1.82, 2.24) is 15.5 Å². The van der Waals surface area contributed by atoms with Crippen LogP contribution in [0.1, 0.15) is 71.6 Å². The molecule has 0 bridgehead atoms. The first-order valence-corrected chi connectivity index (χ1v) is 14.6. The van der Waals surface area contributed by atoms with Crippen molar-refractivity contribution in [3.05, 3.63) is 0 Å². The summed E-state index contributed by atoms with van der Waals surface area (Å²) in [4.78, 5) is 66.5. The van der Waals surface area contributed by atoms with E-state index in [1.807, 2.05) is 0 Å². The average Bonchev–Trinajstić information content (AvgIpc) is 3.62. The highest BCUT2D eigenvalue weighted by Crippen LogP contribution is 2.65. The van der Waals surface area contributed by atoms with E-state index in [0.717, 1.165) is 44.9 Å². The standard InChI is InChI=1S/C28H42N4O7/c1-28(2)18-13-32(22(20(18)28)25(35)30-19(12-15-8-9-15)23(33)24(29)34)26(36)21(16-6-4-3-5-7-16)31-27(37)39-17-10-11-38-14-17/h15-22H,3-14H2,1-2H3,(H2,29,34)(H,30,35)(H,31,37). The number of nitrogens with zero attached hydrogens (tertiary/aromatic N) is 1. The number of likely N-dealkylation sites (tertiary alicyclic amines) is 1. The Bertz CT molecular complexity index is 1000. The number of carbonyl (C=O) groups excluding carboxylic acids is 5. The fraction of sp³-hybridized carbons (Fsp3) is 0.821. The van der Waals surface area contributed by atoms with Crippen molar-refractivity contribution < 1.29 is 33.4 Å². The van der Waals surface area contributed by atoms with Gasteiger partial charge in [-0.1, -0.05) is 46.0 Å². The highest BCUT2D eigenvalue weighted by molar-refractivity contribution is 6.37. The van der Waals surface area contributed by atoms with Crippen LogP contribution in [0.3, 0.4) is 0 Å². The number of primary amides is 1. The van der Waals surface area contributed by atoms with Crippen LogP contribution in [0, 0.1) is 29.1 Å². The predicted octanol–water partition coefficient (Wildman–Crippen LogP) is 1.27. The molecule has 3 saturated carbocycles. The maximum atomic E-state index is 14.1. The normalized spacial score (nSPS) is 31.1. The lowest BCUT2D eigenvalue weighted by Gasteiger charge is -2.37. The van der Waals surface area contributed by atoms with Gasteiger partial charge in [0, 0.05) is 13.0 Å². The molecule has 0 radical (unpaired) electrons. The highest BCUT2D eigenvalue weighted by atomic mass is 16.6. The molecule has 5 fully saturated rings. The van der Waals surface area contributed by atoms with E-state index in [-0.39, 0.29) is 41.1 Å². The second kappa shape index (κ2) is 11.1. The van der Waals surface area contributed by atoms with Crippen LogP contribution < -0.4 is 16.4 Å². The van der Waals surface area contributed by atoms with Crippen LogP contribution in [0.25, 0.3) is 0 Å². The number of ether oxygens (including phenoxy) is 2. The van der Waals surface area contributed by atoms with Gasteiger partial charge in [-0.25, -0.2) is 4.79 Å². The lowest BCUT2D eigenvalue weighted by molar-refractivity contribution is -0.144. The van der Waals surface area contributed by atoms with Gasteiger partial charge in [-0.15, -0.1) is 0 Å². The van der Waals surface area contributed by atoms with Gasteiger partial charge in [0.1, 0.15) is 18.2 Å². The van der Waals surface area contributed by atoms with Gasteiger partial charge < -0.3 is 30.7 Å². The minimum absolute atomic E-state index is 0.0497. The molecule has 6 unspecified atom stereocenters. The van der Waals surface area contributed by atoms with E-state index >= 15 is 0 Å².